The fourth-order valence-electron chi connectivity index (χ4n) is 2.65. The molecule has 17 heavy (non-hydrogen) atoms. The Labute approximate surface area is 101 Å². The minimum Gasteiger partial charge on any atom is -0.459 e. The molecule has 1 aliphatic heterocycles. The van der Waals surface area contributed by atoms with E-state index in [0.29, 0.717) is 6.61 Å². The molecule has 1 aromatic carbocycles. The summed E-state index contributed by atoms with van der Waals surface area (Å²) in [6.07, 6.45) is 2.77. The minimum absolute atomic E-state index is 0.00929. The van der Waals surface area contributed by atoms with Crippen LogP contribution >= 0.6 is 0 Å². The highest BCUT2D eigenvalue weighted by Gasteiger charge is 2.43. The van der Waals surface area contributed by atoms with E-state index in [9.17, 15) is 4.79 Å². The van der Waals surface area contributed by atoms with Gasteiger partial charge in [-0.1, -0.05) is 30.3 Å². The Morgan fingerprint density at radius 1 is 1.24 bits per heavy atom. The third kappa shape index (κ3) is 2.20. The number of hydrogen-bond donors (Lipinski definition) is 0. The number of ether oxygens (including phenoxy) is 2. The molecule has 2 fully saturated rings. The van der Waals surface area contributed by atoms with E-state index in [0.717, 1.165) is 19.3 Å². The molecule has 3 rings (SSSR count). The normalized spacial score (nSPS) is 31.3. The Balaban J connectivity index is 1.58. The molecule has 0 unspecified atom stereocenters. The van der Waals surface area contributed by atoms with Crippen LogP contribution in [0.15, 0.2) is 30.3 Å². The third-order valence-corrected chi connectivity index (χ3v) is 3.64. The Morgan fingerprint density at radius 3 is 2.88 bits per heavy atom. The Hall–Kier alpha value is -1.35. The maximum atomic E-state index is 11.4. The van der Waals surface area contributed by atoms with Gasteiger partial charge < -0.3 is 9.47 Å². The predicted octanol–water partition coefficient (Wildman–Crippen LogP) is 2.30. The van der Waals surface area contributed by atoms with Crippen molar-refractivity contribution < 1.29 is 14.3 Å². The summed E-state index contributed by atoms with van der Waals surface area (Å²) in [6, 6.07) is 10.1. The lowest BCUT2D eigenvalue weighted by Crippen LogP contribution is -2.31. The van der Waals surface area contributed by atoms with Gasteiger partial charge in [-0.3, -0.25) is 4.79 Å². The highest BCUT2D eigenvalue weighted by Crippen LogP contribution is 2.36. The first-order valence-corrected chi connectivity index (χ1v) is 6.19. The Bertz CT molecular complexity index is 401. The van der Waals surface area contributed by atoms with Crippen molar-refractivity contribution in [1.29, 1.82) is 0 Å². The smallest absolute Gasteiger partial charge is 0.309 e. The zero-order valence-electron chi connectivity index (χ0n) is 9.67. The first-order chi connectivity index (χ1) is 8.33. The summed E-state index contributed by atoms with van der Waals surface area (Å²) in [6.45, 7) is 0.601. The molecule has 1 heterocycles. The molecular formula is C14H16O3. The molecule has 3 heteroatoms. The fraction of sp³-hybridized carbons (Fsp3) is 0.500. The van der Waals surface area contributed by atoms with Crippen LogP contribution in [0, 0.1) is 5.92 Å². The van der Waals surface area contributed by atoms with Gasteiger partial charge in [0.25, 0.3) is 0 Å². The van der Waals surface area contributed by atoms with Gasteiger partial charge in [-0.15, -0.1) is 0 Å². The molecule has 1 saturated carbocycles. The highest BCUT2D eigenvalue weighted by atomic mass is 16.6. The second-order valence-corrected chi connectivity index (χ2v) is 4.82. The molecule has 1 saturated heterocycles. The van der Waals surface area contributed by atoms with E-state index in [-0.39, 0.29) is 24.1 Å². The van der Waals surface area contributed by atoms with Crippen molar-refractivity contribution in [2.45, 2.75) is 38.1 Å². The van der Waals surface area contributed by atoms with Crippen molar-refractivity contribution >= 4 is 5.97 Å². The Kier molecular flexibility index (Phi) is 2.85. The summed E-state index contributed by atoms with van der Waals surface area (Å²) in [5, 5.41) is 0. The monoisotopic (exact) mass is 232 g/mol. The number of carbonyl (C=O) groups excluding carboxylic acids is 1. The molecule has 0 amide bonds. The molecule has 2 aliphatic rings. The van der Waals surface area contributed by atoms with E-state index in [1.54, 1.807) is 0 Å². The van der Waals surface area contributed by atoms with Gasteiger partial charge in [0.2, 0.25) is 0 Å². The van der Waals surface area contributed by atoms with Crippen molar-refractivity contribution in [2.24, 2.45) is 5.92 Å². The van der Waals surface area contributed by atoms with E-state index in [4.69, 9.17) is 9.47 Å². The van der Waals surface area contributed by atoms with Crippen LogP contribution in [-0.4, -0.2) is 18.2 Å². The van der Waals surface area contributed by atoms with Crippen molar-refractivity contribution in [3.63, 3.8) is 0 Å². The maximum absolute atomic E-state index is 11.4. The maximum Gasteiger partial charge on any atom is 0.309 e. The summed E-state index contributed by atoms with van der Waals surface area (Å²) in [5.41, 5.74) is 1.17. The average molecular weight is 232 g/mol. The van der Waals surface area contributed by atoms with Gasteiger partial charge >= 0.3 is 5.97 Å². The molecule has 0 aromatic heterocycles. The molecule has 1 aliphatic carbocycles. The van der Waals surface area contributed by atoms with Crippen LogP contribution in [0.25, 0.3) is 0 Å². The van der Waals surface area contributed by atoms with Crippen LogP contribution in [0.2, 0.25) is 0 Å². The van der Waals surface area contributed by atoms with E-state index in [2.05, 4.69) is 0 Å². The molecular weight excluding hydrogens is 216 g/mol. The number of rotatable bonds is 3. The molecule has 3 nitrogen and oxygen atoms in total. The van der Waals surface area contributed by atoms with Crippen molar-refractivity contribution in [2.75, 3.05) is 0 Å². The largest absolute Gasteiger partial charge is 0.459 e. The molecule has 90 valence electrons. The molecule has 3 atom stereocenters. The van der Waals surface area contributed by atoms with Gasteiger partial charge in [-0.25, -0.2) is 0 Å². The summed E-state index contributed by atoms with van der Waals surface area (Å²) >= 11 is 0. The molecule has 2 bridgehead atoms. The lowest BCUT2D eigenvalue weighted by Gasteiger charge is -2.25. The molecule has 0 N–H and O–H groups in total. The second-order valence-electron chi connectivity index (χ2n) is 4.82. The summed E-state index contributed by atoms with van der Waals surface area (Å²) in [7, 11) is 0. The Morgan fingerprint density at radius 2 is 2.06 bits per heavy atom. The highest BCUT2D eigenvalue weighted by molar-refractivity contribution is 5.75. The topological polar surface area (TPSA) is 35.5 Å². The number of carbonyl (C=O) groups is 1. The van der Waals surface area contributed by atoms with Crippen molar-refractivity contribution in [3.05, 3.63) is 35.9 Å². The molecule has 0 spiro atoms. The van der Waals surface area contributed by atoms with E-state index < -0.39 is 0 Å². The SMILES string of the molecule is O=C1O[C@@H]2C[C@H]1CC[C@H]2OCc1ccccc1. The zero-order chi connectivity index (χ0) is 11.7. The van der Waals surface area contributed by atoms with Crippen molar-refractivity contribution in [3.8, 4) is 0 Å². The minimum atomic E-state index is -0.0270. The zero-order valence-corrected chi connectivity index (χ0v) is 9.67. The van der Waals surface area contributed by atoms with Gasteiger partial charge in [0.15, 0.2) is 0 Å². The summed E-state index contributed by atoms with van der Waals surface area (Å²) < 4.78 is 11.2. The van der Waals surface area contributed by atoms with E-state index in [1.165, 1.54) is 5.56 Å². The van der Waals surface area contributed by atoms with Crippen LogP contribution in [0.1, 0.15) is 24.8 Å². The van der Waals surface area contributed by atoms with Gasteiger partial charge in [-0.05, 0) is 18.4 Å². The second kappa shape index (κ2) is 4.49. The predicted molar refractivity (Wildman–Crippen MR) is 62.2 cm³/mol. The first-order valence-electron chi connectivity index (χ1n) is 6.19. The van der Waals surface area contributed by atoms with E-state index >= 15 is 0 Å². The third-order valence-electron chi connectivity index (χ3n) is 3.64. The van der Waals surface area contributed by atoms with E-state index in [1.807, 2.05) is 30.3 Å². The van der Waals surface area contributed by atoms with Crippen LogP contribution in [0.3, 0.4) is 0 Å². The summed E-state index contributed by atoms with van der Waals surface area (Å²) in [4.78, 5) is 11.4. The number of hydrogen-bond acceptors (Lipinski definition) is 3. The average Bonchev–Trinajstić information content (AvgIpc) is 2.66. The van der Waals surface area contributed by atoms with Crippen LogP contribution in [-0.2, 0) is 20.9 Å². The first kappa shape index (κ1) is 10.8. The standard InChI is InChI=1S/C14H16O3/c15-14-11-6-7-12(13(8-11)17-14)16-9-10-4-2-1-3-5-10/h1-5,11-13H,6-9H2/t11-,12-,13-/m1/s1. The van der Waals surface area contributed by atoms with Crippen LogP contribution < -0.4 is 0 Å². The van der Waals surface area contributed by atoms with Crippen LogP contribution in [0.5, 0.6) is 0 Å². The quantitative estimate of drug-likeness (QED) is 0.750. The fourth-order valence-corrected chi connectivity index (χ4v) is 2.65. The number of benzene rings is 1. The lowest BCUT2D eigenvalue weighted by atomic mass is 9.88. The number of esters is 1. The van der Waals surface area contributed by atoms with Gasteiger partial charge in [0.1, 0.15) is 6.10 Å². The van der Waals surface area contributed by atoms with Gasteiger partial charge in [0, 0.05) is 6.42 Å². The lowest BCUT2D eigenvalue weighted by molar-refractivity contribution is -0.147. The molecule has 1 aromatic rings. The van der Waals surface area contributed by atoms with Gasteiger partial charge in [0.05, 0.1) is 18.6 Å². The number of fused-ring (bicyclic) bond motifs is 2. The van der Waals surface area contributed by atoms with Crippen molar-refractivity contribution in [1.82, 2.24) is 0 Å². The van der Waals surface area contributed by atoms with Gasteiger partial charge in [-0.2, -0.15) is 0 Å². The molecule has 0 radical (unpaired) electrons. The summed E-state index contributed by atoms with van der Waals surface area (Å²) in [5.74, 6) is 0.109. The van der Waals surface area contributed by atoms with Crippen LogP contribution in [0.4, 0.5) is 0 Å².